The summed E-state index contributed by atoms with van der Waals surface area (Å²) in [6.45, 7) is 2.55. The number of ether oxygens (including phenoxy) is 1. The minimum Gasteiger partial charge on any atom is -0.494 e. The normalized spacial score (nSPS) is 11.3. The van der Waals surface area contributed by atoms with Crippen molar-refractivity contribution < 1.29 is 19.7 Å². The number of carbonyl (C=O) groups excluding carboxylic acids is 1. The quantitative estimate of drug-likeness (QED) is 0.420. The first-order valence-corrected chi connectivity index (χ1v) is 9.66. The number of fused-ring (bicyclic) bond motifs is 1. The summed E-state index contributed by atoms with van der Waals surface area (Å²) < 4.78 is 7.74. The van der Waals surface area contributed by atoms with Gasteiger partial charge in [0, 0.05) is 30.3 Å². The second-order valence-corrected chi connectivity index (χ2v) is 7.23. The molecule has 0 atom stereocenters. The molecule has 2 aromatic carbocycles. The van der Waals surface area contributed by atoms with Crippen LogP contribution in [0.3, 0.4) is 0 Å². The van der Waals surface area contributed by atoms with Crippen molar-refractivity contribution in [3.8, 4) is 5.75 Å². The van der Waals surface area contributed by atoms with Crippen molar-refractivity contribution in [2.75, 3.05) is 6.61 Å². The van der Waals surface area contributed by atoms with E-state index in [1.165, 1.54) is 0 Å². The molecule has 0 aliphatic rings. The van der Waals surface area contributed by atoms with Crippen molar-refractivity contribution in [3.05, 3.63) is 64.8 Å². The highest BCUT2D eigenvalue weighted by Gasteiger charge is 2.18. The van der Waals surface area contributed by atoms with Crippen LogP contribution in [0.4, 0.5) is 0 Å². The summed E-state index contributed by atoms with van der Waals surface area (Å²) in [7, 11) is 0. The van der Waals surface area contributed by atoms with E-state index in [9.17, 15) is 4.79 Å². The number of benzene rings is 2. The van der Waals surface area contributed by atoms with Crippen molar-refractivity contribution in [1.82, 2.24) is 4.57 Å². The predicted molar refractivity (Wildman–Crippen MR) is 110 cm³/mol. The largest absolute Gasteiger partial charge is 0.494 e. The molecule has 3 rings (SSSR count). The Morgan fingerprint density at radius 2 is 1.93 bits per heavy atom. The van der Waals surface area contributed by atoms with E-state index < -0.39 is 6.29 Å². The Bertz CT molecular complexity index is 950. The second kappa shape index (κ2) is 9.24. The Morgan fingerprint density at radius 1 is 1.18 bits per heavy atom. The molecule has 0 aliphatic carbocycles. The van der Waals surface area contributed by atoms with E-state index in [2.05, 4.69) is 0 Å². The molecule has 2 N–H and O–H groups in total. The van der Waals surface area contributed by atoms with Crippen molar-refractivity contribution in [2.24, 2.45) is 0 Å². The summed E-state index contributed by atoms with van der Waals surface area (Å²) in [5.74, 6) is 0.710. The number of halogens is 1. The molecule has 0 aliphatic heterocycles. The molecule has 1 aromatic heterocycles. The maximum Gasteiger partial charge on any atom is 0.151 e. The van der Waals surface area contributed by atoms with Crippen LogP contribution < -0.4 is 4.74 Å². The lowest BCUT2D eigenvalue weighted by Crippen LogP contribution is -2.07. The molecule has 0 fully saturated rings. The highest BCUT2D eigenvalue weighted by Crippen LogP contribution is 2.34. The summed E-state index contributed by atoms with van der Waals surface area (Å²) in [5.41, 5.74) is 2.87. The van der Waals surface area contributed by atoms with Crippen LogP contribution in [0.1, 0.15) is 30.9 Å². The minimum atomic E-state index is -1.32. The Labute approximate surface area is 169 Å². The summed E-state index contributed by atoms with van der Waals surface area (Å²) >= 11 is 6.67. The molecule has 6 heteroatoms. The Kier molecular flexibility index (Phi) is 6.73. The third kappa shape index (κ3) is 4.93. The zero-order chi connectivity index (χ0) is 20.1. The summed E-state index contributed by atoms with van der Waals surface area (Å²) in [6.07, 6.45) is -0.265. The van der Waals surface area contributed by atoms with E-state index in [1.54, 1.807) is 6.92 Å². The van der Waals surface area contributed by atoms with Gasteiger partial charge in [0.1, 0.15) is 16.7 Å². The van der Waals surface area contributed by atoms with Gasteiger partial charge in [0.05, 0.1) is 12.1 Å². The van der Waals surface area contributed by atoms with Gasteiger partial charge in [0.15, 0.2) is 6.29 Å². The number of nitrogens with zero attached hydrogens (tertiary/aromatic N) is 1. The topological polar surface area (TPSA) is 71.7 Å². The van der Waals surface area contributed by atoms with Gasteiger partial charge in [0.2, 0.25) is 0 Å². The third-order valence-corrected chi connectivity index (χ3v) is 4.99. The van der Waals surface area contributed by atoms with E-state index in [0.29, 0.717) is 30.5 Å². The number of aromatic nitrogens is 1. The summed E-state index contributed by atoms with van der Waals surface area (Å²) in [6, 6.07) is 15.7. The molecular weight excluding hydrogens is 378 g/mol. The molecule has 0 saturated heterocycles. The zero-order valence-electron chi connectivity index (χ0n) is 15.8. The van der Waals surface area contributed by atoms with Crippen molar-refractivity contribution >= 4 is 28.3 Å². The number of aliphatic hydroxyl groups excluding tert-OH is 1. The van der Waals surface area contributed by atoms with E-state index in [4.69, 9.17) is 26.6 Å². The van der Waals surface area contributed by atoms with Gasteiger partial charge in [-0.15, -0.1) is 0 Å². The van der Waals surface area contributed by atoms with Gasteiger partial charge in [-0.05, 0) is 37.1 Å². The minimum absolute atomic E-state index is 0.0453. The van der Waals surface area contributed by atoms with Gasteiger partial charge >= 0.3 is 0 Å². The molecule has 0 radical (unpaired) electrons. The third-order valence-electron chi connectivity index (χ3n) is 4.55. The van der Waals surface area contributed by atoms with E-state index in [0.717, 1.165) is 22.0 Å². The fraction of sp³-hybridized carbons (Fsp3) is 0.318. The van der Waals surface area contributed by atoms with Crippen LogP contribution in [0.15, 0.2) is 48.5 Å². The SMILES string of the molecule is CC(=O)Cc1c(Cl)n(Cc2ccccc2)c2ccc(OCCCC(O)O)cc12. The predicted octanol–water partition coefficient (Wildman–Crippen LogP) is 3.94. The number of hydrogen-bond donors (Lipinski definition) is 2. The standard InChI is InChI=1S/C22H24ClNO4/c1-15(25)12-19-18-13-17(28-11-5-8-21(26)27)9-10-20(18)24(22(19)23)14-16-6-3-2-4-7-16/h2-4,6-7,9-10,13,21,26-27H,5,8,11-12,14H2,1H3. The van der Waals surface area contributed by atoms with Gasteiger partial charge in [-0.1, -0.05) is 41.9 Å². The molecular formula is C22H24ClNO4. The molecule has 28 heavy (non-hydrogen) atoms. The van der Waals surface area contributed by atoms with Crippen LogP contribution >= 0.6 is 11.6 Å². The molecule has 5 nitrogen and oxygen atoms in total. The molecule has 0 amide bonds. The number of carbonyl (C=O) groups is 1. The first-order valence-electron chi connectivity index (χ1n) is 9.28. The lowest BCUT2D eigenvalue weighted by atomic mass is 10.1. The molecule has 0 unspecified atom stereocenters. The van der Waals surface area contributed by atoms with Crippen molar-refractivity contribution in [1.29, 1.82) is 0 Å². The first kappa shape index (κ1) is 20.4. The smallest absolute Gasteiger partial charge is 0.151 e. The zero-order valence-corrected chi connectivity index (χ0v) is 16.5. The summed E-state index contributed by atoms with van der Waals surface area (Å²) in [5, 5.41) is 19.3. The second-order valence-electron chi connectivity index (χ2n) is 6.87. The molecule has 0 spiro atoms. The van der Waals surface area contributed by atoms with E-state index in [1.807, 2.05) is 53.1 Å². The molecule has 148 valence electrons. The van der Waals surface area contributed by atoms with Crippen LogP contribution in [-0.2, 0) is 17.8 Å². The fourth-order valence-electron chi connectivity index (χ4n) is 3.26. The monoisotopic (exact) mass is 401 g/mol. The maximum atomic E-state index is 11.8. The average Bonchev–Trinajstić information content (AvgIpc) is 2.91. The van der Waals surface area contributed by atoms with Crippen LogP contribution in [0, 0.1) is 0 Å². The number of rotatable bonds is 9. The van der Waals surface area contributed by atoms with E-state index in [-0.39, 0.29) is 18.6 Å². The number of aliphatic hydroxyl groups is 2. The molecule has 0 saturated carbocycles. The molecule has 3 aromatic rings. The highest BCUT2D eigenvalue weighted by molar-refractivity contribution is 6.32. The van der Waals surface area contributed by atoms with Gasteiger partial charge in [0.25, 0.3) is 0 Å². The van der Waals surface area contributed by atoms with E-state index >= 15 is 0 Å². The van der Waals surface area contributed by atoms with Crippen LogP contribution in [0.5, 0.6) is 5.75 Å². The number of ketones is 1. The lowest BCUT2D eigenvalue weighted by Gasteiger charge is -2.09. The lowest BCUT2D eigenvalue weighted by molar-refractivity contribution is -0.116. The Balaban J connectivity index is 1.93. The van der Waals surface area contributed by atoms with Crippen LogP contribution in [0.25, 0.3) is 10.9 Å². The highest BCUT2D eigenvalue weighted by atomic mass is 35.5. The van der Waals surface area contributed by atoms with Crippen molar-refractivity contribution in [3.63, 3.8) is 0 Å². The summed E-state index contributed by atoms with van der Waals surface area (Å²) in [4.78, 5) is 11.8. The first-order chi connectivity index (χ1) is 13.5. The fourth-order valence-corrected chi connectivity index (χ4v) is 3.57. The maximum absolute atomic E-state index is 11.8. The number of hydrogen-bond acceptors (Lipinski definition) is 4. The number of Topliss-reactive ketones (excluding diaryl/α,β-unsaturated/α-hetero) is 1. The van der Waals surface area contributed by atoms with Gasteiger partial charge in [-0.3, -0.25) is 4.79 Å². The molecule has 1 heterocycles. The van der Waals surface area contributed by atoms with Gasteiger partial charge in [-0.25, -0.2) is 0 Å². The van der Waals surface area contributed by atoms with Crippen molar-refractivity contribution in [2.45, 2.75) is 39.0 Å². The van der Waals surface area contributed by atoms with Gasteiger partial charge in [-0.2, -0.15) is 0 Å². The molecule has 0 bridgehead atoms. The van der Waals surface area contributed by atoms with Crippen LogP contribution in [0.2, 0.25) is 5.15 Å². The average molecular weight is 402 g/mol. The Morgan fingerprint density at radius 3 is 2.61 bits per heavy atom. The van der Waals surface area contributed by atoms with Crippen LogP contribution in [-0.4, -0.2) is 33.5 Å². The van der Waals surface area contributed by atoms with Gasteiger partial charge < -0.3 is 19.5 Å². The Hall–Kier alpha value is -2.34.